The van der Waals surface area contributed by atoms with Gasteiger partial charge in [0, 0.05) is 32.1 Å². The third-order valence-corrected chi connectivity index (χ3v) is 5.87. The van der Waals surface area contributed by atoms with Crippen molar-refractivity contribution < 1.29 is 9.90 Å². The predicted molar refractivity (Wildman–Crippen MR) is 85.8 cm³/mol. The SMILES string of the molecule is O=C(C1CC2CCC1C2)N1CCN(c2ccccc2O)CC1. The number of benzene rings is 1. The van der Waals surface area contributed by atoms with Gasteiger partial charge in [0.15, 0.2) is 0 Å². The Bertz CT molecular complexity index is 566. The summed E-state index contributed by atoms with van der Waals surface area (Å²) in [4.78, 5) is 17.0. The average molecular weight is 300 g/mol. The van der Waals surface area contributed by atoms with Crippen molar-refractivity contribution in [2.75, 3.05) is 31.1 Å². The minimum atomic E-state index is 0.301. The summed E-state index contributed by atoms with van der Waals surface area (Å²) >= 11 is 0. The van der Waals surface area contributed by atoms with Crippen molar-refractivity contribution in [2.45, 2.75) is 25.7 Å². The second-order valence-electron chi connectivity index (χ2n) is 7.08. The van der Waals surface area contributed by atoms with E-state index in [4.69, 9.17) is 0 Å². The Kier molecular flexibility index (Phi) is 3.47. The van der Waals surface area contributed by atoms with Crippen LogP contribution in [0.2, 0.25) is 0 Å². The molecule has 0 aromatic heterocycles. The number of carbonyl (C=O) groups is 1. The molecule has 2 aliphatic carbocycles. The molecule has 1 aromatic carbocycles. The Balaban J connectivity index is 1.38. The van der Waals surface area contributed by atoms with E-state index in [0.717, 1.165) is 44.2 Å². The number of rotatable bonds is 2. The Labute approximate surface area is 131 Å². The van der Waals surface area contributed by atoms with Gasteiger partial charge in [-0.25, -0.2) is 0 Å². The quantitative estimate of drug-likeness (QED) is 0.912. The largest absolute Gasteiger partial charge is 0.506 e. The highest BCUT2D eigenvalue weighted by Gasteiger charge is 2.44. The van der Waals surface area contributed by atoms with Gasteiger partial charge in [0.2, 0.25) is 5.91 Å². The van der Waals surface area contributed by atoms with Crippen molar-refractivity contribution >= 4 is 11.6 Å². The predicted octanol–water partition coefficient (Wildman–Crippen LogP) is 2.48. The Morgan fingerprint density at radius 1 is 1.05 bits per heavy atom. The van der Waals surface area contributed by atoms with E-state index in [1.807, 2.05) is 18.2 Å². The van der Waals surface area contributed by atoms with Crippen LogP contribution < -0.4 is 4.90 Å². The molecule has 3 aliphatic rings. The van der Waals surface area contributed by atoms with Crippen LogP contribution in [0.15, 0.2) is 24.3 Å². The highest BCUT2D eigenvalue weighted by molar-refractivity contribution is 5.80. The second kappa shape index (κ2) is 5.49. The van der Waals surface area contributed by atoms with E-state index in [0.29, 0.717) is 23.5 Å². The number of nitrogens with zero attached hydrogens (tertiary/aromatic N) is 2. The normalized spacial score (nSPS) is 30.8. The molecule has 0 radical (unpaired) electrons. The summed E-state index contributed by atoms with van der Waals surface area (Å²) < 4.78 is 0. The van der Waals surface area contributed by atoms with E-state index >= 15 is 0 Å². The minimum absolute atomic E-state index is 0.301. The first-order chi connectivity index (χ1) is 10.7. The van der Waals surface area contributed by atoms with Gasteiger partial charge in [-0.3, -0.25) is 4.79 Å². The van der Waals surface area contributed by atoms with Crippen molar-refractivity contribution in [2.24, 2.45) is 17.8 Å². The molecule has 1 saturated heterocycles. The standard InChI is InChI=1S/C18H24N2O2/c21-17-4-2-1-3-16(17)19-7-9-20(10-8-19)18(22)15-12-13-5-6-14(15)11-13/h1-4,13-15,21H,5-12H2. The molecular weight excluding hydrogens is 276 g/mol. The number of anilines is 1. The lowest BCUT2D eigenvalue weighted by molar-refractivity contribution is -0.137. The number of fused-ring (bicyclic) bond motifs is 2. The minimum Gasteiger partial charge on any atom is -0.506 e. The van der Waals surface area contributed by atoms with Crippen LogP contribution in [0.25, 0.3) is 0 Å². The van der Waals surface area contributed by atoms with Crippen LogP contribution in [-0.4, -0.2) is 42.1 Å². The van der Waals surface area contributed by atoms with E-state index in [-0.39, 0.29) is 0 Å². The average Bonchev–Trinajstić information content (AvgIpc) is 3.18. The van der Waals surface area contributed by atoms with Crippen LogP contribution in [0.5, 0.6) is 5.75 Å². The van der Waals surface area contributed by atoms with Gasteiger partial charge in [0.25, 0.3) is 0 Å². The third-order valence-electron chi connectivity index (χ3n) is 5.87. The van der Waals surface area contributed by atoms with Gasteiger partial charge in [-0.2, -0.15) is 0 Å². The summed E-state index contributed by atoms with van der Waals surface area (Å²) in [5, 5.41) is 9.96. The molecule has 2 bridgehead atoms. The highest BCUT2D eigenvalue weighted by atomic mass is 16.3. The number of hydrogen-bond donors (Lipinski definition) is 1. The van der Waals surface area contributed by atoms with Gasteiger partial charge < -0.3 is 14.9 Å². The number of hydrogen-bond acceptors (Lipinski definition) is 3. The summed E-state index contributed by atoms with van der Waals surface area (Å²) in [5.74, 6) is 2.50. The number of para-hydroxylation sites is 2. The summed E-state index contributed by atoms with van der Waals surface area (Å²) in [5.41, 5.74) is 0.884. The van der Waals surface area contributed by atoms with Gasteiger partial charge in [-0.15, -0.1) is 0 Å². The molecule has 1 amide bonds. The monoisotopic (exact) mass is 300 g/mol. The molecule has 3 atom stereocenters. The Morgan fingerprint density at radius 2 is 1.82 bits per heavy atom. The third kappa shape index (κ3) is 2.34. The van der Waals surface area contributed by atoms with E-state index in [2.05, 4.69) is 9.80 Å². The molecule has 1 aliphatic heterocycles. The molecule has 0 spiro atoms. The first kappa shape index (κ1) is 13.9. The number of carbonyl (C=O) groups excluding carboxylic acids is 1. The number of phenols is 1. The summed E-state index contributed by atoms with van der Waals surface area (Å²) in [6.45, 7) is 3.18. The maximum atomic E-state index is 12.8. The first-order valence-corrected chi connectivity index (χ1v) is 8.54. The van der Waals surface area contributed by atoms with E-state index in [1.165, 1.54) is 19.3 Å². The summed E-state index contributed by atoms with van der Waals surface area (Å²) in [6.07, 6.45) is 5.02. The van der Waals surface area contributed by atoms with Gasteiger partial charge in [0.1, 0.15) is 5.75 Å². The van der Waals surface area contributed by atoms with Gasteiger partial charge in [0.05, 0.1) is 5.69 Å². The van der Waals surface area contributed by atoms with Crippen LogP contribution >= 0.6 is 0 Å². The van der Waals surface area contributed by atoms with Crippen LogP contribution in [-0.2, 0) is 4.79 Å². The van der Waals surface area contributed by atoms with E-state index in [1.54, 1.807) is 6.07 Å². The fourth-order valence-corrected chi connectivity index (χ4v) is 4.68. The molecule has 2 saturated carbocycles. The number of phenolic OH excluding ortho intramolecular Hbond substituents is 1. The van der Waals surface area contributed by atoms with Crippen molar-refractivity contribution in [3.63, 3.8) is 0 Å². The fraction of sp³-hybridized carbons (Fsp3) is 0.611. The molecule has 118 valence electrons. The molecule has 4 nitrogen and oxygen atoms in total. The number of piperazine rings is 1. The Morgan fingerprint density at radius 3 is 2.45 bits per heavy atom. The lowest BCUT2D eigenvalue weighted by Crippen LogP contribution is -2.51. The molecular formula is C18H24N2O2. The molecule has 4 rings (SSSR count). The number of amides is 1. The summed E-state index contributed by atoms with van der Waals surface area (Å²) in [6, 6.07) is 7.46. The fourth-order valence-electron chi connectivity index (χ4n) is 4.68. The first-order valence-electron chi connectivity index (χ1n) is 8.54. The lowest BCUT2D eigenvalue weighted by Gasteiger charge is -2.38. The molecule has 4 heteroatoms. The molecule has 1 heterocycles. The van der Waals surface area contributed by atoms with Crippen LogP contribution in [0, 0.1) is 17.8 Å². The molecule has 1 aromatic rings. The molecule has 3 fully saturated rings. The van der Waals surface area contributed by atoms with E-state index < -0.39 is 0 Å². The van der Waals surface area contributed by atoms with Gasteiger partial charge in [-0.1, -0.05) is 18.6 Å². The number of aromatic hydroxyl groups is 1. The molecule has 3 unspecified atom stereocenters. The lowest BCUT2D eigenvalue weighted by atomic mass is 9.87. The zero-order valence-corrected chi connectivity index (χ0v) is 12.9. The molecule has 1 N–H and O–H groups in total. The maximum Gasteiger partial charge on any atom is 0.226 e. The van der Waals surface area contributed by atoms with Crippen molar-refractivity contribution in [3.8, 4) is 5.75 Å². The van der Waals surface area contributed by atoms with Crippen LogP contribution in [0.3, 0.4) is 0 Å². The molecule has 22 heavy (non-hydrogen) atoms. The van der Waals surface area contributed by atoms with Crippen LogP contribution in [0.4, 0.5) is 5.69 Å². The second-order valence-corrected chi connectivity index (χ2v) is 7.08. The van der Waals surface area contributed by atoms with Crippen molar-refractivity contribution in [3.05, 3.63) is 24.3 Å². The van der Waals surface area contributed by atoms with E-state index in [9.17, 15) is 9.90 Å². The van der Waals surface area contributed by atoms with Gasteiger partial charge >= 0.3 is 0 Å². The topological polar surface area (TPSA) is 43.8 Å². The van der Waals surface area contributed by atoms with Crippen molar-refractivity contribution in [1.82, 2.24) is 4.90 Å². The van der Waals surface area contributed by atoms with Crippen LogP contribution in [0.1, 0.15) is 25.7 Å². The maximum absolute atomic E-state index is 12.8. The summed E-state index contributed by atoms with van der Waals surface area (Å²) in [7, 11) is 0. The van der Waals surface area contributed by atoms with Crippen molar-refractivity contribution in [1.29, 1.82) is 0 Å². The van der Waals surface area contributed by atoms with Gasteiger partial charge in [-0.05, 0) is 43.2 Å². The Hall–Kier alpha value is -1.71. The zero-order chi connectivity index (χ0) is 15.1. The highest BCUT2D eigenvalue weighted by Crippen LogP contribution is 2.49. The smallest absolute Gasteiger partial charge is 0.226 e. The zero-order valence-electron chi connectivity index (χ0n) is 12.9.